The Balaban J connectivity index is 1.80. The van der Waals surface area contributed by atoms with Gasteiger partial charge < -0.3 is 25.3 Å². The van der Waals surface area contributed by atoms with Crippen LogP contribution in [0.2, 0.25) is 0 Å². The number of nitrogens with one attached hydrogen (secondary N) is 1. The van der Waals surface area contributed by atoms with Crippen molar-refractivity contribution in [3.05, 3.63) is 0 Å². The molecule has 0 amide bonds. The Bertz CT molecular complexity index is 333. The molecule has 0 bridgehead atoms. The first-order chi connectivity index (χ1) is 8.89. The van der Waals surface area contributed by atoms with E-state index in [9.17, 15) is 0 Å². The maximum Gasteiger partial charge on any atom is 0.189 e. The summed E-state index contributed by atoms with van der Waals surface area (Å²) in [5, 5.41) is 3.13. The van der Waals surface area contributed by atoms with Gasteiger partial charge in [-0.3, -0.25) is 4.99 Å². The van der Waals surface area contributed by atoms with Gasteiger partial charge in [-0.15, -0.1) is 0 Å². The van der Waals surface area contributed by atoms with Crippen molar-refractivity contribution in [2.75, 3.05) is 26.4 Å². The number of ether oxygens (including phenoxy) is 3. The molecule has 2 aliphatic heterocycles. The van der Waals surface area contributed by atoms with Gasteiger partial charge in [0.05, 0.1) is 26.4 Å². The Morgan fingerprint density at radius 3 is 2.68 bits per heavy atom. The summed E-state index contributed by atoms with van der Waals surface area (Å²) in [4.78, 5) is 4.32. The first kappa shape index (κ1) is 14.6. The summed E-state index contributed by atoms with van der Waals surface area (Å²) in [5.41, 5.74) is 5.75. The summed E-state index contributed by atoms with van der Waals surface area (Å²) in [6, 6.07) is 0. The molecule has 1 unspecified atom stereocenters. The van der Waals surface area contributed by atoms with Crippen molar-refractivity contribution in [3.63, 3.8) is 0 Å². The Hall–Kier alpha value is -0.850. The minimum absolute atomic E-state index is 0.0154. The van der Waals surface area contributed by atoms with E-state index >= 15 is 0 Å². The second-order valence-electron chi connectivity index (χ2n) is 6.17. The van der Waals surface area contributed by atoms with Crippen LogP contribution in [0.15, 0.2) is 4.99 Å². The van der Waals surface area contributed by atoms with E-state index in [-0.39, 0.29) is 11.6 Å². The minimum atomic E-state index is -0.440. The van der Waals surface area contributed by atoms with Crippen LogP contribution in [0.1, 0.15) is 33.6 Å². The average molecular weight is 271 g/mol. The predicted octanol–water partition coefficient (Wildman–Crippen LogP) is 0.611. The van der Waals surface area contributed by atoms with E-state index < -0.39 is 5.79 Å². The van der Waals surface area contributed by atoms with Crippen LogP contribution < -0.4 is 11.1 Å². The van der Waals surface area contributed by atoms with E-state index in [1.807, 2.05) is 20.8 Å². The van der Waals surface area contributed by atoms with Crippen molar-refractivity contribution < 1.29 is 14.2 Å². The smallest absolute Gasteiger partial charge is 0.189 e. The summed E-state index contributed by atoms with van der Waals surface area (Å²) in [6.45, 7) is 8.63. The summed E-state index contributed by atoms with van der Waals surface area (Å²) in [6.07, 6.45) is 1.57. The van der Waals surface area contributed by atoms with Gasteiger partial charge in [-0.1, -0.05) is 0 Å². The zero-order chi connectivity index (χ0) is 13.9. The number of hydrogen-bond acceptors (Lipinski definition) is 4. The van der Waals surface area contributed by atoms with E-state index in [0.29, 0.717) is 32.3 Å². The highest BCUT2D eigenvalue weighted by Crippen LogP contribution is 2.33. The molecular formula is C13H25N3O3. The standard InChI is InChI=1S/C13H25N3O3/c1-12(2,3)16-11(14)15-8-10-9-18-13(19-10)4-6-17-7-5-13/h10H,4-9H2,1-3H3,(H3,14,15,16). The van der Waals surface area contributed by atoms with Gasteiger partial charge in [0.25, 0.3) is 0 Å². The summed E-state index contributed by atoms with van der Waals surface area (Å²) < 4.78 is 17.1. The average Bonchev–Trinajstić information content (AvgIpc) is 2.69. The fourth-order valence-electron chi connectivity index (χ4n) is 2.28. The van der Waals surface area contributed by atoms with Crippen LogP contribution in [0.5, 0.6) is 0 Å². The maximum absolute atomic E-state index is 5.98. The van der Waals surface area contributed by atoms with E-state index in [1.165, 1.54) is 0 Å². The molecule has 110 valence electrons. The number of hydrogen-bond donors (Lipinski definition) is 2. The van der Waals surface area contributed by atoms with Gasteiger partial charge in [-0.05, 0) is 20.8 Å². The molecule has 19 heavy (non-hydrogen) atoms. The topological polar surface area (TPSA) is 78.1 Å². The molecule has 0 aromatic rings. The van der Waals surface area contributed by atoms with Crippen molar-refractivity contribution >= 4 is 5.96 Å². The largest absolute Gasteiger partial charge is 0.381 e. The molecule has 1 spiro atoms. The van der Waals surface area contributed by atoms with Gasteiger partial charge in [0, 0.05) is 18.4 Å². The molecule has 0 aliphatic carbocycles. The van der Waals surface area contributed by atoms with Crippen molar-refractivity contribution in [2.45, 2.75) is 51.0 Å². The highest BCUT2D eigenvalue weighted by Gasteiger charge is 2.42. The van der Waals surface area contributed by atoms with Crippen LogP contribution in [0, 0.1) is 0 Å². The van der Waals surface area contributed by atoms with E-state index in [4.69, 9.17) is 19.9 Å². The fourth-order valence-corrected chi connectivity index (χ4v) is 2.28. The quantitative estimate of drug-likeness (QED) is 0.568. The number of nitrogens with two attached hydrogens (primary N) is 1. The second kappa shape index (κ2) is 5.64. The third-order valence-electron chi connectivity index (χ3n) is 3.14. The molecule has 0 radical (unpaired) electrons. The maximum atomic E-state index is 5.98. The summed E-state index contributed by atoms with van der Waals surface area (Å²) >= 11 is 0. The lowest BCUT2D eigenvalue weighted by Gasteiger charge is -2.31. The minimum Gasteiger partial charge on any atom is -0.381 e. The predicted molar refractivity (Wildman–Crippen MR) is 73.0 cm³/mol. The lowest BCUT2D eigenvalue weighted by Crippen LogP contribution is -2.45. The van der Waals surface area contributed by atoms with Crippen molar-refractivity contribution in [1.82, 2.24) is 5.32 Å². The van der Waals surface area contributed by atoms with Crippen LogP contribution in [-0.4, -0.2) is 49.8 Å². The van der Waals surface area contributed by atoms with Crippen LogP contribution in [0.25, 0.3) is 0 Å². The van der Waals surface area contributed by atoms with Gasteiger partial charge in [0.1, 0.15) is 6.10 Å². The van der Waals surface area contributed by atoms with Crippen LogP contribution in [-0.2, 0) is 14.2 Å². The SMILES string of the molecule is CC(C)(C)NC(N)=NCC1COC2(CCOCC2)O1. The molecule has 2 aliphatic rings. The van der Waals surface area contributed by atoms with Crippen molar-refractivity contribution in [3.8, 4) is 0 Å². The van der Waals surface area contributed by atoms with E-state index in [1.54, 1.807) is 0 Å². The Labute approximate surface area is 114 Å². The molecular weight excluding hydrogens is 246 g/mol. The fraction of sp³-hybridized carbons (Fsp3) is 0.923. The van der Waals surface area contributed by atoms with Crippen LogP contribution >= 0.6 is 0 Å². The third kappa shape index (κ3) is 4.33. The number of rotatable bonds is 2. The number of nitrogens with zero attached hydrogens (tertiary/aromatic N) is 1. The van der Waals surface area contributed by atoms with Crippen molar-refractivity contribution in [1.29, 1.82) is 0 Å². The van der Waals surface area contributed by atoms with Gasteiger partial charge in [-0.2, -0.15) is 0 Å². The van der Waals surface area contributed by atoms with Crippen LogP contribution in [0.4, 0.5) is 0 Å². The van der Waals surface area contributed by atoms with Gasteiger partial charge in [0.15, 0.2) is 11.7 Å². The molecule has 2 fully saturated rings. The monoisotopic (exact) mass is 271 g/mol. The zero-order valence-corrected chi connectivity index (χ0v) is 12.1. The Morgan fingerprint density at radius 1 is 1.37 bits per heavy atom. The highest BCUT2D eigenvalue weighted by atomic mass is 16.7. The Morgan fingerprint density at radius 2 is 2.05 bits per heavy atom. The second-order valence-corrected chi connectivity index (χ2v) is 6.17. The molecule has 0 aromatic heterocycles. The van der Waals surface area contributed by atoms with Gasteiger partial charge in [0.2, 0.25) is 0 Å². The van der Waals surface area contributed by atoms with Gasteiger partial charge in [-0.25, -0.2) is 0 Å². The van der Waals surface area contributed by atoms with Crippen molar-refractivity contribution in [2.24, 2.45) is 10.7 Å². The molecule has 3 N–H and O–H groups in total. The van der Waals surface area contributed by atoms with E-state index in [2.05, 4.69) is 10.3 Å². The molecule has 6 heteroatoms. The number of aliphatic imine (C=N–C) groups is 1. The number of guanidine groups is 1. The highest BCUT2D eigenvalue weighted by molar-refractivity contribution is 5.78. The first-order valence-corrected chi connectivity index (χ1v) is 6.86. The molecule has 6 nitrogen and oxygen atoms in total. The summed E-state index contributed by atoms with van der Waals surface area (Å²) in [5.74, 6) is 0.00835. The Kier molecular flexibility index (Phi) is 4.32. The molecule has 2 heterocycles. The normalized spacial score (nSPS) is 27.7. The lowest BCUT2D eigenvalue weighted by atomic mass is 10.1. The van der Waals surface area contributed by atoms with E-state index in [0.717, 1.165) is 12.8 Å². The lowest BCUT2D eigenvalue weighted by molar-refractivity contribution is -0.210. The molecule has 1 atom stereocenters. The van der Waals surface area contributed by atoms with Crippen LogP contribution in [0.3, 0.4) is 0 Å². The zero-order valence-electron chi connectivity index (χ0n) is 12.1. The molecule has 0 saturated carbocycles. The first-order valence-electron chi connectivity index (χ1n) is 6.86. The third-order valence-corrected chi connectivity index (χ3v) is 3.14. The molecule has 0 aromatic carbocycles. The summed E-state index contributed by atoms with van der Waals surface area (Å²) in [7, 11) is 0. The molecule has 2 saturated heterocycles. The molecule has 2 rings (SSSR count). The van der Waals surface area contributed by atoms with Gasteiger partial charge >= 0.3 is 0 Å².